The van der Waals surface area contributed by atoms with Crippen LogP contribution in [0.4, 0.5) is 10.3 Å². The number of aromatic nitrogens is 2. The van der Waals surface area contributed by atoms with Gasteiger partial charge < -0.3 is 10.2 Å². The fraction of sp³-hybridized carbons (Fsp3) is 0.421. The number of amides is 1. The molecule has 2 aromatic rings. The standard InChI is InChI=1S/C19H23FN4O/c1-13-11-14(2)23-19(22-13)24-9-7-15(8-10-24)12-21-18(25)16-5-3-4-6-17(16)20/h3-6,11,15H,7-10,12H2,1-2H3,(H,21,25). The second-order valence-electron chi connectivity index (χ2n) is 6.57. The van der Waals surface area contributed by atoms with Crippen LogP contribution >= 0.6 is 0 Å². The molecule has 0 spiro atoms. The third-order valence-electron chi connectivity index (χ3n) is 4.54. The minimum Gasteiger partial charge on any atom is -0.352 e. The van der Waals surface area contributed by atoms with Crippen molar-refractivity contribution < 1.29 is 9.18 Å². The van der Waals surface area contributed by atoms with Crippen LogP contribution in [0.5, 0.6) is 0 Å². The predicted octanol–water partition coefficient (Wildman–Crippen LogP) is 2.88. The van der Waals surface area contributed by atoms with E-state index in [1.807, 2.05) is 19.9 Å². The molecule has 5 nitrogen and oxygen atoms in total. The number of anilines is 1. The Hall–Kier alpha value is -2.50. The number of carbonyl (C=O) groups is 1. The van der Waals surface area contributed by atoms with Gasteiger partial charge in [0.1, 0.15) is 5.82 Å². The summed E-state index contributed by atoms with van der Waals surface area (Å²) in [7, 11) is 0. The number of halogens is 1. The first kappa shape index (κ1) is 17.3. The van der Waals surface area contributed by atoms with E-state index < -0.39 is 5.82 Å². The first-order chi connectivity index (χ1) is 12.0. The van der Waals surface area contributed by atoms with Gasteiger partial charge in [0.15, 0.2) is 0 Å². The summed E-state index contributed by atoms with van der Waals surface area (Å²) in [5, 5.41) is 2.85. The van der Waals surface area contributed by atoms with Gasteiger partial charge in [0.25, 0.3) is 5.91 Å². The monoisotopic (exact) mass is 342 g/mol. The molecule has 0 aliphatic carbocycles. The van der Waals surface area contributed by atoms with Gasteiger partial charge in [0, 0.05) is 31.0 Å². The Morgan fingerprint density at radius 1 is 1.20 bits per heavy atom. The smallest absolute Gasteiger partial charge is 0.254 e. The molecule has 0 bridgehead atoms. The van der Waals surface area contributed by atoms with Crippen LogP contribution in [0, 0.1) is 25.6 Å². The lowest BCUT2D eigenvalue weighted by Crippen LogP contribution is -2.39. The molecule has 2 heterocycles. The van der Waals surface area contributed by atoms with E-state index in [0.29, 0.717) is 12.5 Å². The third-order valence-corrected chi connectivity index (χ3v) is 4.54. The summed E-state index contributed by atoms with van der Waals surface area (Å²) in [4.78, 5) is 23.3. The van der Waals surface area contributed by atoms with Gasteiger partial charge in [-0.15, -0.1) is 0 Å². The highest BCUT2D eigenvalue weighted by molar-refractivity contribution is 5.94. The number of hydrogen-bond donors (Lipinski definition) is 1. The second-order valence-corrected chi connectivity index (χ2v) is 6.57. The molecule has 1 aromatic heterocycles. The van der Waals surface area contributed by atoms with Crippen LogP contribution in [-0.4, -0.2) is 35.5 Å². The van der Waals surface area contributed by atoms with Crippen molar-refractivity contribution in [2.24, 2.45) is 5.92 Å². The van der Waals surface area contributed by atoms with Crippen LogP contribution in [0.15, 0.2) is 30.3 Å². The van der Waals surface area contributed by atoms with E-state index in [2.05, 4.69) is 20.2 Å². The first-order valence-electron chi connectivity index (χ1n) is 8.63. The number of aryl methyl sites for hydroxylation is 2. The Balaban J connectivity index is 1.51. The van der Waals surface area contributed by atoms with E-state index >= 15 is 0 Å². The zero-order valence-corrected chi connectivity index (χ0v) is 14.6. The predicted molar refractivity (Wildman–Crippen MR) is 95.2 cm³/mol. The van der Waals surface area contributed by atoms with E-state index in [-0.39, 0.29) is 11.5 Å². The lowest BCUT2D eigenvalue weighted by atomic mass is 9.97. The molecule has 1 aromatic carbocycles. The Kier molecular flexibility index (Phi) is 5.26. The average Bonchev–Trinajstić information content (AvgIpc) is 2.60. The van der Waals surface area contributed by atoms with E-state index in [1.165, 1.54) is 12.1 Å². The van der Waals surface area contributed by atoms with Crippen LogP contribution in [0.2, 0.25) is 0 Å². The van der Waals surface area contributed by atoms with Crippen molar-refractivity contribution in [3.8, 4) is 0 Å². The van der Waals surface area contributed by atoms with Crippen molar-refractivity contribution in [3.63, 3.8) is 0 Å². The van der Waals surface area contributed by atoms with Crippen LogP contribution < -0.4 is 10.2 Å². The van der Waals surface area contributed by atoms with Gasteiger partial charge >= 0.3 is 0 Å². The van der Waals surface area contributed by atoms with Crippen molar-refractivity contribution >= 4 is 11.9 Å². The van der Waals surface area contributed by atoms with Gasteiger partial charge in [-0.25, -0.2) is 14.4 Å². The highest BCUT2D eigenvalue weighted by Crippen LogP contribution is 2.21. The van der Waals surface area contributed by atoms with Crippen LogP contribution in [0.25, 0.3) is 0 Å². The SMILES string of the molecule is Cc1cc(C)nc(N2CCC(CNC(=O)c3ccccc3F)CC2)n1. The summed E-state index contributed by atoms with van der Waals surface area (Å²) < 4.78 is 13.6. The van der Waals surface area contributed by atoms with Gasteiger partial charge in [-0.1, -0.05) is 12.1 Å². The number of carbonyl (C=O) groups excluding carboxylic acids is 1. The molecule has 3 rings (SSSR count). The Morgan fingerprint density at radius 3 is 2.48 bits per heavy atom. The number of piperidine rings is 1. The highest BCUT2D eigenvalue weighted by atomic mass is 19.1. The molecule has 1 saturated heterocycles. The van der Waals surface area contributed by atoms with Crippen molar-refractivity contribution in [2.75, 3.05) is 24.5 Å². The summed E-state index contributed by atoms with van der Waals surface area (Å²) in [6.45, 7) is 6.24. The average molecular weight is 342 g/mol. The summed E-state index contributed by atoms with van der Waals surface area (Å²) in [6.07, 6.45) is 1.90. The quantitative estimate of drug-likeness (QED) is 0.928. The molecular weight excluding hydrogens is 319 g/mol. The van der Waals surface area contributed by atoms with Gasteiger partial charge in [-0.05, 0) is 50.8 Å². The Morgan fingerprint density at radius 2 is 1.84 bits per heavy atom. The molecule has 0 atom stereocenters. The normalized spacial score (nSPS) is 15.2. The molecule has 0 unspecified atom stereocenters. The van der Waals surface area contributed by atoms with Gasteiger partial charge in [0.05, 0.1) is 5.56 Å². The van der Waals surface area contributed by atoms with Crippen molar-refractivity contribution in [3.05, 3.63) is 53.1 Å². The molecule has 1 aliphatic rings. The molecule has 1 amide bonds. The Bertz CT molecular complexity index is 737. The fourth-order valence-corrected chi connectivity index (χ4v) is 3.16. The summed E-state index contributed by atoms with van der Waals surface area (Å²) in [6, 6.07) is 8.02. The van der Waals surface area contributed by atoms with Crippen LogP contribution in [-0.2, 0) is 0 Å². The largest absolute Gasteiger partial charge is 0.352 e. The summed E-state index contributed by atoms with van der Waals surface area (Å²) in [5.41, 5.74) is 2.05. The third kappa shape index (κ3) is 4.32. The summed E-state index contributed by atoms with van der Waals surface area (Å²) >= 11 is 0. The zero-order valence-electron chi connectivity index (χ0n) is 14.6. The first-order valence-corrected chi connectivity index (χ1v) is 8.63. The number of nitrogens with one attached hydrogen (secondary N) is 1. The van der Waals surface area contributed by atoms with Gasteiger partial charge in [-0.2, -0.15) is 0 Å². The van der Waals surface area contributed by atoms with Crippen molar-refractivity contribution in [1.82, 2.24) is 15.3 Å². The lowest BCUT2D eigenvalue weighted by Gasteiger charge is -2.32. The number of benzene rings is 1. The number of rotatable bonds is 4. The Labute approximate surface area is 147 Å². The maximum atomic E-state index is 13.6. The van der Waals surface area contributed by atoms with E-state index in [9.17, 15) is 9.18 Å². The molecule has 6 heteroatoms. The minimum atomic E-state index is -0.484. The maximum absolute atomic E-state index is 13.6. The van der Waals surface area contributed by atoms with Gasteiger partial charge in [0.2, 0.25) is 5.95 Å². The number of hydrogen-bond acceptors (Lipinski definition) is 4. The molecule has 1 N–H and O–H groups in total. The minimum absolute atomic E-state index is 0.101. The molecule has 0 saturated carbocycles. The van der Waals surface area contributed by atoms with E-state index in [4.69, 9.17) is 0 Å². The lowest BCUT2D eigenvalue weighted by molar-refractivity contribution is 0.0941. The molecule has 1 fully saturated rings. The van der Waals surface area contributed by atoms with E-state index in [0.717, 1.165) is 43.3 Å². The van der Waals surface area contributed by atoms with Crippen LogP contribution in [0.3, 0.4) is 0 Å². The highest BCUT2D eigenvalue weighted by Gasteiger charge is 2.22. The molecule has 0 radical (unpaired) electrons. The molecular formula is C19H23FN4O. The summed E-state index contributed by atoms with van der Waals surface area (Å²) in [5.74, 6) is 0.337. The van der Waals surface area contributed by atoms with Crippen molar-refractivity contribution in [1.29, 1.82) is 0 Å². The fourth-order valence-electron chi connectivity index (χ4n) is 3.16. The topological polar surface area (TPSA) is 58.1 Å². The van der Waals surface area contributed by atoms with E-state index in [1.54, 1.807) is 12.1 Å². The molecule has 1 aliphatic heterocycles. The van der Waals surface area contributed by atoms with Crippen LogP contribution in [0.1, 0.15) is 34.6 Å². The zero-order chi connectivity index (χ0) is 17.8. The number of nitrogens with zero attached hydrogens (tertiary/aromatic N) is 3. The van der Waals surface area contributed by atoms with Crippen molar-refractivity contribution in [2.45, 2.75) is 26.7 Å². The maximum Gasteiger partial charge on any atom is 0.254 e. The molecule has 25 heavy (non-hydrogen) atoms. The second kappa shape index (κ2) is 7.59. The molecule has 132 valence electrons. The van der Waals surface area contributed by atoms with Gasteiger partial charge in [-0.3, -0.25) is 4.79 Å².